The van der Waals surface area contributed by atoms with Crippen LogP contribution in [0, 0.1) is 5.92 Å². The number of aliphatic hydroxyl groups is 1. The van der Waals surface area contributed by atoms with Crippen molar-refractivity contribution in [3.8, 4) is 5.75 Å². The van der Waals surface area contributed by atoms with E-state index in [1.54, 1.807) is 6.92 Å². The van der Waals surface area contributed by atoms with Gasteiger partial charge in [0.2, 0.25) is 0 Å². The standard InChI is InChI=1S/C15H21NO3/c1-12(19-14-5-3-2-4-6-14)15(18)16-9-7-13(11-17)8-10-16/h2-6,12-13,17H,7-11H2,1H3. The largest absolute Gasteiger partial charge is 0.481 e. The van der Waals surface area contributed by atoms with Crippen LogP contribution in [0.3, 0.4) is 0 Å². The molecule has 0 spiro atoms. The molecule has 1 aliphatic rings. The van der Waals surface area contributed by atoms with Crippen molar-refractivity contribution in [2.45, 2.75) is 25.9 Å². The molecule has 0 bridgehead atoms. The van der Waals surface area contributed by atoms with E-state index in [4.69, 9.17) is 9.84 Å². The van der Waals surface area contributed by atoms with Gasteiger partial charge in [0.25, 0.3) is 5.91 Å². The summed E-state index contributed by atoms with van der Waals surface area (Å²) in [6.07, 6.45) is 1.29. The lowest BCUT2D eigenvalue weighted by molar-refractivity contribution is -0.139. The Kier molecular flexibility index (Phi) is 4.80. The number of aliphatic hydroxyl groups excluding tert-OH is 1. The molecular formula is C15H21NO3. The number of hydrogen-bond donors (Lipinski definition) is 1. The second-order valence-electron chi connectivity index (χ2n) is 5.02. The highest BCUT2D eigenvalue weighted by molar-refractivity contribution is 5.81. The average Bonchev–Trinajstić information content (AvgIpc) is 2.47. The van der Waals surface area contributed by atoms with E-state index in [9.17, 15) is 4.79 Å². The number of hydrogen-bond acceptors (Lipinski definition) is 3. The summed E-state index contributed by atoms with van der Waals surface area (Å²) in [5.74, 6) is 1.09. The van der Waals surface area contributed by atoms with Crippen LogP contribution in [0.4, 0.5) is 0 Å². The van der Waals surface area contributed by atoms with Crippen LogP contribution in [0.25, 0.3) is 0 Å². The molecule has 1 fully saturated rings. The van der Waals surface area contributed by atoms with E-state index in [1.165, 1.54) is 0 Å². The summed E-state index contributed by atoms with van der Waals surface area (Å²) in [6, 6.07) is 9.39. The number of ether oxygens (including phenoxy) is 1. The lowest BCUT2D eigenvalue weighted by atomic mass is 9.97. The van der Waals surface area contributed by atoms with Crippen LogP contribution >= 0.6 is 0 Å². The number of amides is 1. The van der Waals surface area contributed by atoms with Gasteiger partial charge >= 0.3 is 0 Å². The van der Waals surface area contributed by atoms with Crippen LogP contribution in [0.2, 0.25) is 0 Å². The third kappa shape index (κ3) is 3.70. The van der Waals surface area contributed by atoms with Crippen molar-refractivity contribution in [3.63, 3.8) is 0 Å². The molecule has 1 amide bonds. The first-order chi connectivity index (χ1) is 9.20. The molecule has 0 saturated carbocycles. The molecule has 104 valence electrons. The molecule has 1 N–H and O–H groups in total. The summed E-state index contributed by atoms with van der Waals surface area (Å²) in [6.45, 7) is 3.44. The maximum Gasteiger partial charge on any atom is 0.263 e. The van der Waals surface area contributed by atoms with Gasteiger partial charge in [0.15, 0.2) is 6.10 Å². The lowest BCUT2D eigenvalue weighted by Gasteiger charge is -2.32. The molecule has 1 unspecified atom stereocenters. The molecular weight excluding hydrogens is 242 g/mol. The number of carbonyl (C=O) groups excluding carboxylic acids is 1. The van der Waals surface area contributed by atoms with E-state index >= 15 is 0 Å². The minimum absolute atomic E-state index is 0.0280. The van der Waals surface area contributed by atoms with Crippen molar-refractivity contribution < 1.29 is 14.6 Å². The number of para-hydroxylation sites is 1. The number of benzene rings is 1. The maximum absolute atomic E-state index is 12.2. The first kappa shape index (κ1) is 13.9. The molecule has 0 aromatic heterocycles. The zero-order valence-corrected chi connectivity index (χ0v) is 11.3. The third-order valence-corrected chi connectivity index (χ3v) is 3.59. The Labute approximate surface area is 114 Å². The van der Waals surface area contributed by atoms with Crippen LogP contribution < -0.4 is 4.74 Å². The van der Waals surface area contributed by atoms with Crippen LogP contribution in [0.15, 0.2) is 30.3 Å². The van der Waals surface area contributed by atoms with E-state index in [1.807, 2.05) is 35.2 Å². The van der Waals surface area contributed by atoms with Crippen molar-refractivity contribution >= 4 is 5.91 Å². The Morgan fingerprint density at radius 2 is 2.00 bits per heavy atom. The fourth-order valence-electron chi connectivity index (χ4n) is 2.35. The molecule has 0 aliphatic carbocycles. The van der Waals surface area contributed by atoms with Crippen LogP contribution in [-0.4, -0.2) is 41.7 Å². The molecule has 1 saturated heterocycles. The Morgan fingerprint density at radius 3 is 2.58 bits per heavy atom. The maximum atomic E-state index is 12.2. The molecule has 4 nitrogen and oxygen atoms in total. The van der Waals surface area contributed by atoms with Gasteiger partial charge in [0.05, 0.1) is 0 Å². The van der Waals surface area contributed by atoms with Crippen molar-refractivity contribution in [3.05, 3.63) is 30.3 Å². The highest BCUT2D eigenvalue weighted by atomic mass is 16.5. The molecule has 1 aromatic carbocycles. The smallest absolute Gasteiger partial charge is 0.263 e. The van der Waals surface area contributed by atoms with E-state index in [2.05, 4.69) is 0 Å². The summed E-state index contributed by atoms with van der Waals surface area (Å²) in [5, 5.41) is 9.09. The first-order valence-electron chi connectivity index (χ1n) is 6.82. The van der Waals surface area contributed by atoms with Gasteiger partial charge in [-0.3, -0.25) is 4.79 Å². The van der Waals surface area contributed by atoms with E-state index in [-0.39, 0.29) is 12.5 Å². The van der Waals surface area contributed by atoms with Gasteiger partial charge in [-0.15, -0.1) is 0 Å². The monoisotopic (exact) mass is 263 g/mol. The average molecular weight is 263 g/mol. The summed E-state index contributed by atoms with van der Waals surface area (Å²) in [4.78, 5) is 14.1. The van der Waals surface area contributed by atoms with Crippen LogP contribution in [0.5, 0.6) is 5.75 Å². The second kappa shape index (κ2) is 6.57. The minimum atomic E-state index is -0.465. The Bertz CT molecular complexity index is 399. The number of rotatable bonds is 4. The number of piperidine rings is 1. The Morgan fingerprint density at radius 1 is 1.37 bits per heavy atom. The molecule has 1 heterocycles. The number of carbonyl (C=O) groups is 1. The predicted molar refractivity (Wildman–Crippen MR) is 72.9 cm³/mol. The van der Waals surface area contributed by atoms with Gasteiger partial charge in [0, 0.05) is 19.7 Å². The zero-order valence-electron chi connectivity index (χ0n) is 11.3. The van der Waals surface area contributed by atoms with Gasteiger partial charge < -0.3 is 14.7 Å². The van der Waals surface area contributed by atoms with E-state index in [0.717, 1.165) is 12.8 Å². The summed E-state index contributed by atoms with van der Waals surface area (Å²) in [5.41, 5.74) is 0. The Balaban J connectivity index is 1.86. The Hall–Kier alpha value is -1.55. The highest BCUT2D eigenvalue weighted by Crippen LogP contribution is 2.18. The molecule has 1 atom stereocenters. The molecule has 4 heteroatoms. The molecule has 19 heavy (non-hydrogen) atoms. The quantitative estimate of drug-likeness (QED) is 0.899. The van der Waals surface area contributed by atoms with Crippen LogP contribution in [-0.2, 0) is 4.79 Å². The van der Waals surface area contributed by atoms with Crippen molar-refractivity contribution in [1.29, 1.82) is 0 Å². The number of likely N-dealkylation sites (tertiary alicyclic amines) is 1. The highest BCUT2D eigenvalue weighted by Gasteiger charge is 2.26. The molecule has 1 aliphatic heterocycles. The lowest BCUT2D eigenvalue weighted by Crippen LogP contribution is -2.45. The van der Waals surface area contributed by atoms with Gasteiger partial charge in [-0.2, -0.15) is 0 Å². The fraction of sp³-hybridized carbons (Fsp3) is 0.533. The summed E-state index contributed by atoms with van der Waals surface area (Å²) in [7, 11) is 0. The van der Waals surface area contributed by atoms with Crippen molar-refractivity contribution in [2.75, 3.05) is 19.7 Å². The van der Waals surface area contributed by atoms with Crippen LogP contribution in [0.1, 0.15) is 19.8 Å². The first-order valence-corrected chi connectivity index (χ1v) is 6.82. The second-order valence-corrected chi connectivity index (χ2v) is 5.02. The normalized spacial score (nSPS) is 18.1. The minimum Gasteiger partial charge on any atom is -0.481 e. The SMILES string of the molecule is CC(Oc1ccccc1)C(=O)N1CCC(CO)CC1. The molecule has 1 aromatic rings. The van der Waals surface area contributed by atoms with Gasteiger partial charge in [-0.25, -0.2) is 0 Å². The van der Waals surface area contributed by atoms with E-state index in [0.29, 0.717) is 24.8 Å². The summed E-state index contributed by atoms with van der Waals surface area (Å²) >= 11 is 0. The zero-order chi connectivity index (χ0) is 13.7. The summed E-state index contributed by atoms with van der Waals surface area (Å²) < 4.78 is 5.64. The van der Waals surface area contributed by atoms with Crippen molar-refractivity contribution in [1.82, 2.24) is 4.90 Å². The van der Waals surface area contributed by atoms with Gasteiger partial charge in [-0.1, -0.05) is 18.2 Å². The fourth-order valence-corrected chi connectivity index (χ4v) is 2.35. The van der Waals surface area contributed by atoms with E-state index < -0.39 is 6.10 Å². The van der Waals surface area contributed by atoms with Gasteiger partial charge in [-0.05, 0) is 37.8 Å². The molecule has 0 radical (unpaired) electrons. The molecule has 2 rings (SSSR count). The topological polar surface area (TPSA) is 49.8 Å². The van der Waals surface area contributed by atoms with Crippen molar-refractivity contribution in [2.24, 2.45) is 5.92 Å². The third-order valence-electron chi connectivity index (χ3n) is 3.59. The predicted octanol–water partition coefficient (Wildman–Crippen LogP) is 1.68. The van der Waals surface area contributed by atoms with Gasteiger partial charge in [0.1, 0.15) is 5.75 Å². The number of nitrogens with zero attached hydrogens (tertiary/aromatic N) is 1.